The quantitative estimate of drug-likeness (QED) is 0.848. The van der Waals surface area contributed by atoms with Gasteiger partial charge < -0.3 is 9.84 Å². The minimum Gasteiger partial charge on any atom is -0.496 e. The highest BCUT2D eigenvalue weighted by Crippen LogP contribution is 2.39. The fourth-order valence-electron chi connectivity index (χ4n) is 2.67. The molecule has 0 amide bonds. The van der Waals surface area contributed by atoms with Crippen LogP contribution in [0, 0.1) is 5.92 Å². The number of benzene rings is 1. The van der Waals surface area contributed by atoms with Crippen LogP contribution >= 0.6 is 0 Å². The first-order valence-electron chi connectivity index (χ1n) is 6.00. The van der Waals surface area contributed by atoms with Crippen LogP contribution in [0.3, 0.4) is 0 Å². The third kappa shape index (κ3) is 2.07. The summed E-state index contributed by atoms with van der Waals surface area (Å²) in [7, 11) is 1.68. The van der Waals surface area contributed by atoms with Crippen molar-refractivity contribution in [1.29, 1.82) is 0 Å². The van der Waals surface area contributed by atoms with Crippen LogP contribution in [-0.4, -0.2) is 17.8 Å². The molecule has 1 fully saturated rings. The molecule has 0 aromatic heterocycles. The highest BCUT2D eigenvalue weighted by atomic mass is 16.5. The fourth-order valence-corrected chi connectivity index (χ4v) is 2.67. The monoisotopic (exact) mass is 220 g/mol. The molecule has 2 rings (SSSR count). The van der Waals surface area contributed by atoms with E-state index in [1.807, 2.05) is 24.3 Å². The molecule has 2 atom stereocenters. The molecule has 2 heteroatoms. The van der Waals surface area contributed by atoms with Gasteiger partial charge in [-0.05, 0) is 30.4 Å². The van der Waals surface area contributed by atoms with Crippen molar-refractivity contribution < 1.29 is 9.84 Å². The number of para-hydroxylation sites is 1. The molecule has 16 heavy (non-hydrogen) atoms. The van der Waals surface area contributed by atoms with Crippen molar-refractivity contribution in [3.63, 3.8) is 0 Å². The molecular weight excluding hydrogens is 200 g/mol. The molecule has 0 radical (unpaired) electrons. The van der Waals surface area contributed by atoms with Gasteiger partial charge in [0, 0.05) is 6.42 Å². The van der Waals surface area contributed by atoms with E-state index in [0.29, 0.717) is 12.3 Å². The number of aliphatic hydroxyl groups is 1. The Balaban J connectivity index is 2.20. The van der Waals surface area contributed by atoms with E-state index >= 15 is 0 Å². The summed E-state index contributed by atoms with van der Waals surface area (Å²) in [4.78, 5) is 0. The summed E-state index contributed by atoms with van der Waals surface area (Å²) in [5.74, 6) is 1.27. The lowest BCUT2D eigenvalue weighted by Gasteiger charge is -2.28. The third-order valence-electron chi connectivity index (χ3n) is 3.85. The van der Waals surface area contributed by atoms with E-state index in [9.17, 15) is 5.11 Å². The van der Waals surface area contributed by atoms with Gasteiger partial charge in [-0.3, -0.25) is 0 Å². The number of hydrogen-bond donors (Lipinski definition) is 1. The zero-order chi connectivity index (χ0) is 11.6. The molecule has 0 aliphatic heterocycles. The highest BCUT2D eigenvalue weighted by molar-refractivity contribution is 5.34. The highest BCUT2D eigenvalue weighted by Gasteiger charge is 2.38. The maximum Gasteiger partial charge on any atom is 0.122 e. The van der Waals surface area contributed by atoms with Crippen molar-refractivity contribution >= 4 is 0 Å². The fraction of sp³-hybridized carbons (Fsp3) is 0.571. The average molecular weight is 220 g/mol. The van der Waals surface area contributed by atoms with Crippen molar-refractivity contribution in [3.05, 3.63) is 29.8 Å². The van der Waals surface area contributed by atoms with Crippen molar-refractivity contribution in [1.82, 2.24) is 0 Å². The summed E-state index contributed by atoms with van der Waals surface area (Å²) in [5.41, 5.74) is 0.579. The predicted molar refractivity (Wildman–Crippen MR) is 64.7 cm³/mol. The zero-order valence-corrected chi connectivity index (χ0v) is 10.1. The Morgan fingerprint density at radius 1 is 1.44 bits per heavy atom. The lowest BCUT2D eigenvalue weighted by Crippen LogP contribution is -2.34. The standard InChI is InChI=1S/C14H20O2/c1-11-6-5-9-14(11,15)10-12-7-3-4-8-13(12)16-2/h3-4,7-8,11,15H,5-6,9-10H2,1-2H3. The molecule has 2 nitrogen and oxygen atoms in total. The molecular formula is C14H20O2. The Morgan fingerprint density at radius 3 is 2.81 bits per heavy atom. The third-order valence-corrected chi connectivity index (χ3v) is 3.85. The maximum absolute atomic E-state index is 10.6. The van der Waals surface area contributed by atoms with Crippen LogP contribution in [0.2, 0.25) is 0 Å². The second kappa shape index (κ2) is 4.46. The second-order valence-electron chi connectivity index (χ2n) is 4.89. The lowest BCUT2D eigenvalue weighted by molar-refractivity contribution is 0.00912. The smallest absolute Gasteiger partial charge is 0.122 e. The van der Waals surface area contributed by atoms with E-state index in [1.165, 1.54) is 0 Å². The summed E-state index contributed by atoms with van der Waals surface area (Å²) in [5, 5.41) is 10.6. The SMILES string of the molecule is COc1ccccc1CC1(O)CCCC1C. The van der Waals surface area contributed by atoms with Gasteiger partial charge in [-0.1, -0.05) is 31.5 Å². The van der Waals surface area contributed by atoms with Gasteiger partial charge in [0.25, 0.3) is 0 Å². The molecule has 0 spiro atoms. The van der Waals surface area contributed by atoms with Gasteiger partial charge in [-0.2, -0.15) is 0 Å². The normalized spacial score (nSPS) is 29.3. The van der Waals surface area contributed by atoms with E-state index in [4.69, 9.17) is 4.74 Å². The van der Waals surface area contributed by atoms with E-state index in [-0.39, 0.29) is 0 Å². The summed E-state index contributed by atoms with van der Waals surface area (Å²) in [6.07, 6.45) is 3.88. The Labute approximate surface area is 97.3 Å². The number of rotatable bonds is 3. The van der Waals surface area contributed by atoms with Crippen molar-refractivity contribution in [2.75, 3.05) is 7.11 Å². The number of ether oxygens (including phenoxy) is 1. The molecule has 2 unspecified atom stereocenters. The molecule has 0 bridgehead atoms. The van der Waals surface area contributed by atoms with E-state index in [1.54, 1.807) is 7.11 Å². The maximum atomic E-state index is 10.6. The van der Waals surface area contributed by atoms with E-state index in [0.717, 1.165) is 30.6 Å². The van der Waals surface area contributed by atoms with Gasteiger partial charge in [0.2, 0.25) is 0 Å². The molecule has 0 heterocycles. The summed E-state index contributed by atoms with van der Waals surface area (Å²) in [6, 6.07) is 7.96. The van der Waals surface area contributed by atoms with Crippen LogP contribution in [0.5, 0.6) is 5.75 Å². The van der Waals surface area contributed by atoms with Crippen molar-refractivity contribution in [2.45, 2.75) is 38.2 Å². The summed E-state index contributed by atoms with van der Waals surface area (Å²) in [6.45, 7) is 2.14. The molecule has 1 aromatic rings. The van der Waals surface area contributed by atoms with Gasteiger partial charge in [0.1, 0.15) is 5.75 Å². The molecule has 1 aliphatic rings. The van der Waals surface area contributed by atoms with Gasteiger partial charge in [0.05, 0.1) is 12.7 Å². The van der Waals surface area contributed by atoms with Gasteiger partial charge in [0.15, 0.2) is 0 Å². The average Bonchev–Trinajstić information content (AvgIpc) is 2.60. The first kappa shape index (κ1) is 11.5. The first-order chi connectivity index (χ1) is 7.65. The van der Waals surface area contributed by atoms with Crippen LogP contribution in [0.15, 0.2) is 24.3 Å². The zero-order valence-electron chi connectivity index (χ0n) is 10.1. The van der Waals surface area contributed by atoms with Gasteiger partial charge >= 0.3 is 0 Å². The molecule has 0 saturated heterocycles. The van der Waals surface area contributed by atoms with Crippen LogP contribution in [0.1, 0.15) is 31.7 Å². The minimum absolute atomic E-state index is 0.386. The summed E-state index contributed by atoms with van der Waals surface area (Å²) < 4.78 is 5.32. The molecule has 1 saturated carbocycles. The van der Waals surface area contributed by atoms with Crippen molar-refractivity contribution in [3.8, 4) is 5.75 Å². The lowest BCUT2D eigenvalue weighted by atomic mass is 9.86. The van der Waals surface area contributed by atoms with Crippen LogP contribution in [-0.2, 0) is 6.42 Å². The Morgan fingerprint density at radius 2 is 2.19 bits per heavy atom. The topological polar surface area (TPSA) is 29.5 Å². The van der Waals surface area contributed by atoms with Gasteiger partial charge in [-0.15, -0.1) is 0 Å². The van der Waals surface area contributed by atoms with Crippen molar-refractivity contribution in [2.24, 2.45) is 5.92 Å². The number of hydrogen-bond acceptors (Lipinski definition) is 2. The van der Waals surface area contributed by atoms with Crippen LogP contribution in [0.4, 0.5) is 0 Å². The van der Waals surface area contributed by atoms with E-state index < -0.39 is 5.60 Å². The van der Waals surface area contributed by atoms with E-state index in [2.05, 4.69) is 6.92 Å². The largest absolute Gasteiger partial charge is 0.496 e. The molecule has 1 N–H and O–H groups in total. The first-order valence-corrected chi connectivity index (χ1v) is 6.00. The minimum atomic E-state index is -0.533. The number of methoxy groups -OCH3 is 1. The Kier molecular flexibility index (Phi) is 3.20. The molecule has 1 aromatic carbocycles. The van der Waals surface area contributed by atoms with Crippen LogP contribution < -0.4 is 4.74 Å². The van der Waals surface area contributed by atoms with Crippen LogP contribution in [0.25, 0.3) is 0 Å². The Hall–Kier alpha value is -1.02. The van der Waals surface area contributed by atoms with Gasteiger partial charge in [-0.25, -0.2) is 0 Å². The molecule has 88 valence electrons. The summed E-state index contributed by atoms with van der Waals surface area (Å²) >= 11 is 0. The predicted octanol–water partition coefficient (Wildman–Crippen LogP) is 2.79. The Bertz CT molecular complexity index is 362. The second-order valence-corrected chi connectivity index (χ2v) is 4.89. The molecule has 1 aliphatic carbocycles.